The van der Waals surface area contributed by atoms with Crippen molar-refractivity contribution in [3.05, 3.63) is 148 Å². The van der Waals surface area contributed by atoms with Crippen molar-refractivity contribution < 1.29 is 0 Å². The quantitative estimate of drug-likeness (QED) is 0.163. The lowest BCUT2D eigenvalue weighted by molar-refractivity contribution is 0.332. The fourth-order valence-corrected chi connectivity index (χ4v) is 12.7. The van der Waals surface area contributed by atoms with Crippen LogP contribution in [0.4, 0.5) is 34.1 Å². The molecule has 3 aliphatic rings. The molecule has 0 saturated heterocycles. The fraction of sp³-hybridized carbons (Fsp3) is 0.397. The van der Waals surface area contributed by atoms with Crippen LogP contribution >= 0.6 is 11.3 Å². The van der Waals surface area contributed by atoms with Gasteiger partial charge in [-0.05, 0) is 156 Å². The van der Waals surface area contributed by atoms with Gasteiger partial charge in [0.2, 0.25) is 0 Å². The molecule has 0 amide bonds. The Morgan fingerprint density at radius 3 is 1.55 bits per heavy atom. The molecule has 1 aromatic heterocycles. The fourth-order valence-electron chi connectivity index (χ4n) is 11.4. The molecule has 0 fully saturated rings. The highest BCUT2D eigenvalue weighted by molar-refractivity contribution is 7.33. The monoisotopic (exact) mass is 901 g/mol. The summed E-state index contributed by atoms with van der Waals surface area (Å²) in [6.45, 7) is 40.3. The molecular formula is C63H73BN2S. The van der Waals surface area contributed by atoms with Crippen LogP contribution in [0, 0.1) is 6.92 Å². The van der Waals surface area contributed by atoms with Gasteiger partial charge >= 0.3 is 0 Å². The summed E-state index contributed by atoms with van der Waals surface area (Å²) < 4.78 is 2.80. The van der Waals surface area contributed by atoms with Gasteiger partial charge in [-0.2, -0.15) is 0 Å². The molecule has 6 aromatic carbocycles. The first kappa shape index (κ1) is 45.7. The average molecular weight is 901 g/mol. The van der Waals surface area contributed by atoms with E-state index < -0.39 is 0 Å². The molecule has 67 heavy (non-hydrogen) atoms. The van der Waals surface area contributed by atoms with Crippen molar-refractivity contribution in [2.75, 3.05) is 9.80 Å². The van der Waals surface area contributed by atoms with E-state index in [1.165, 1.54) is 123 Å². The van der Waals surface area contributed by atoms with Gasteiger partial charge in [-0.25, -0.2) is 0 Å². The Labute approximate surface area is 407 Å². The smallest absolute Gasteiger partial charge is 0.264 e. The second kappa shape index (κ2) is 15.0. The summed E-state index contributed by atoms with van der Waals surface area (Å²) in [6.07, 6.45) is 2.34. The number of rotatable bonds is 3. The van der Waals surface area contributed by atoms with Crippen molar-refractivity contribution in [3.8, 4) is 11.1 Å². The molecule has 7 aromatic rings. The lowest BCUT2D eigenvalue weighted by Gasteiger charge is -2.47. The van der Waals surface area contributed by atoms with E-state index in [4.69, 9.17) is 0 Å². The maximum atomic E-state index is 2.70. The van der Waals surface area contributed by atoms with Crippen LogP contribution in [0.25, 0.3) is 21.2 Å². The first-order valence-corrected chi connectivity index (χ1v) is 25.8. The molecule has 3 heterocycles. The van der Waals surface area contributed by atoms with Gasteiger partial charge in [-0.15, -0.1) is 11.3 Å². The number of aryl methyl sites for hydroxylation is 1. The van der Waals surface area contributed by atoms with Crippen molar-refractivity contribution in [1.82, 2.24) is 0 Å². The molecule has 0 N–H and O–H groups in total. The third kappa shape index (κ3) is 7.51. The zero-order chi connectivity index (χ0) is 48.1. The second-order valence-corrected chi connectivity index (χ2v) is 27.0. The minimum atomic E-state index is -0.0197. The molecule has 0 saturated carbocycles. The van der Waals surface area contributed by atoms with E-state index >= 15 is 0 Å². The average Bonchev–Trinajstić information content (AvgIpc) is 3.62. The first-order chi connectivity index (χ1) is 31.1. The summed E-state index contributed by atoms with van der Waals surface area (Å²) in [5, 5.41) is 1.34. The van der Waals surface area contributed by atoms with Crippen molar-refractivity contribution >= 4 is 78.0 Å². The standard InChI is InChI=1S/C63H73BN2S/c1-38-32-52-55-53(33-38)66(50-29-25-42(60(8,9)10)34-46(50)39-18-20-40(21-19-39)58(2,3)4)51-37-48-47(62(14,15)30-31-63(48,16)17)36-49(51)64(55)57-56(45-28-24-43(61(11,12)13)35-54(45)67-57)65(52)44-26-22-41(23-27-44)59(5,6)7/h18-29,32-37H,30-31H2,1-17H3. The third-order valence-electron chi connectivity index (χ3n) is 15.8. The van der Waals surface area contributed by atoms with Crippen molar-refractivity contribution in [2.45, 2.75) is 163 Å². The topological polar surface area (TPSA) is 6.48 Å². The second-order valence-electron chi connectivity index (χ2n) is 25.9. The van der Waals surface area contributed by atoms with Crippen LogP contribution in [-0.4, -0.2) is 6.71 Å². The number of hydrogen-bond donors (Lipinski definition) is 0. The number of fused-ring (bicyclic) bond motifs is 7. The van der Waals surface area contributed by atoms with Crippen molar-refractivity contribution in [1.29, 1.82) is 0 Å². The number of anilines is 6. The molecule has 0 bridgehead atoms. The molecular weight excluding hydrogens is 828 g/mol. The third-order valence-corrected chi connectivity index (χ3v) is 17.0. The summed E-state index contributed by atoms with van der Waals surface area (Å²) in [7, 11) is 0. The van der Waals surface area contributed by atoms with Crippen LogP contribution in [0.2, 0.25) is 0 Å². The molecule has 0 radical (unpaired) electrons. The van der Waals surface area contributed by atoms with Crippen LogP contribution in [0.5, 0.6) is 0 Å². The molecule has 0 spiro atoms. The number of thiophene rings is 1. The summed E-state index contributed by atoms with van der Waals surface area (Å²) in [4.78, 5) is 5.34. The van der Waals surface area contributed by atoms with E-state index in [0.29, 0.717) is 0 Å². The normalized spacial score (nSPS) is 16.5. The summed E-state index contributed by atoms with van der Waals surface area (Å²) in [5.74, 6) is 0. The van der Waals surface area contributed by atoms with Crippen LogP contribution in [0.1, 0.15) is 163 Å². The molecule has 4 heteroatoms. The van der Waals surface area contributed by atoms with Gasteiger partial charge in [0.1, 0.15) is 0 Å². The SMILES string of the molecule is Cc1cc2c3c(c1)N(c1ccc(C(C)(C)C)cc1)c1c(sc4cc(C(C)(C)C)ccc14)B3c1cc3c(cc1N2c1ccc(C(C)(C)C)cc1-c1ccc(C(C)(C)C)cc1)C(C)(C)CCC3(C)C. The number of benzene rings is 6. The maximum absolute atomic E-state index is 2.70. The Morgan fingerprint density at radius 2 is 0.985 bits per heavy atom. The number of nitrogens with zero attached hydrogens (tertiary/aromatic N) is 2. The van der Waals surface area contributed by atoms with Gasteiger partial charge < -0.3 is 9.80 Å². The summed E-state index contributed by atoms with van der Waals surface area (Å²) in [6, 6.07) is 44.0. The van der Waals surface area contributed by atoms with E-state index in [-0.39, 0.29) is 39.2 Å². The van der Waals surface area contributed by atoms with Gasteiger partial charge in [-0.1, -0.05) is 171 Å². The molecule has 0 unspecified atom stereocenters. The molecule has 10 rings (SSSR count). The highest BCUT2D eigenvalue weighted by atomic mass is 32.1. The lowest BCUT2D eigenvalue weighted by atomic mass is 9.35. The predicted octanol–water partition coefficient (Wildman–Crippen LogP) is 16.5. The Morgan fingerprint density at radius 1 is 0.493 bits per heavy atom. The summed E-state index contributed by atoms with van der Waals surface area (Å²) in [5.41, 5.74) is 22.9. The van der Waals surface area contributed by atoms with Crippen molar-refractivity contribution in [2.24, 2.45) is 0 Å². The van der Waals surface area contributed by atoms with Gasteiger partial charge in [0.25, 0.3) is 6.71 Å². The van der Waals surface area contributed by atoms with Gasteiger partial charge in [0.05, 0.1) is 11.4 Å². The Balaban J connectivity index is 1.34. The van der Waals surface area contributed by atoms with Crippen LogP contribution in [-0.2, 0) is 32.5 Å². The van der Waals surface area contributed by atoms with Crippen LogP contribution < -0.4 is 25.5 Å². The number of hydrogen-bond acceptors (Lipinski definition) is 3. The van der Waals surface area contributed by atoms with Crippen molar-refractivity contribution in [3.63, 3.8) is 0 Å². The highest BCUT2D eigenvalue weighted by Crippen LogP contribution is 2.53. The highest BCUT2D eigenvalue weighted by Gasteiger charge is 2.48. The van der Waals surface area contributed by atoms with Crippen LogP contribution in [0.3, 0.4) is 0 Å². The van der Waals surface area contributed by atoms with E-state index in [1.807, 2.05) is 11.3 Å². The Bertz CT molecular complexity index is 3110. The predicted molar refractivity (Wildman–Crippen MR) is 296 cm³/mol. The minimum absolute atomic E-state index is 0.0197. The Hall–Kier alpha value is -5.06. The molecule has 2 nitrogen and oxygen atoms in total. The molecule has 0 atom stereocenters. The Kier molecular flexibility index (Phi) is 10.2. The van der Waals surface area contributed by atoms with E-state index in [0.717, 1.165) is 0 Å². The van der Waals surface area contributed by atoms with E-state index in [1.54, 1.807) is 0 Å². The van der Waals surface area contributed by atoms with E-state index in [2.05, 4.69) is 237 Å². The van der Waals surface area contributed by atoms with Gasteiger partial charge in [-0.3, -0.25) is 0 Å². The van der Waals surface area contributed by atoms with E-state index in [9.17, 15) is 0 Å². The molecule has 1 aliphatic carbocycles. The van der Waals surface area contributed by atoms with Crippen LogP contribution in [0.15, 0.2) is 109 Å². The lowest BCUT2D eigenvalue weighted by Crippen LogP contribution is -2.61. The van der Waals surface area contributed by atoms with Gasteiger partial charge in [0.15, 0.2) is 0 Å². The molecule has 344 valence electrons. The largest absolute Gasteiger partial charge is 0.311 e. The zero-order valence-corrected chi connectivity index (χ0v) is 44.5. The minimum Gasteiger partial charge on any atom is -0.311 e. The van der Waals surface area contributed by atoms with Gasteiger partial charge in [0, 0.05) is 43.2 Å². The molecule has 2 aliphatic heterocycles. The maximum Gasteiger partial charge on any atom is 0.264 e. The zero-order valence-electron chi connectivity index (χ0n) is 43.7. The summed E-state index contributed by atoms with van der Waals surface area (Å²) >= 11 is 2.02. The first-order valence-electron chi connectivity index (χ1n) is 25.0.